The number of aromatic nitrogens is 1. The summed E-state index contributed by atoms with van der Waals surface area (Å²) in [6.45, 7) is 4.47. The molecule has 2 heteroatoms. The first-order valence-corrected chi connectivity index (χ1v) is 5.73. The highest BCUT2D eigenvalue weighted by Gasteiger charge is 2.02. The van der Waals surface area contributed by atoms with Gasteiger partial charge in [-0.05, 0) is 36.1 Å². The molecule has 1 heterocycles. The maximum Gasteiger partial charge on any atom is 0.255 e. The van der Waals surface area contributed by atoms with Crippen LogP contribution in [0, 0.1) is 6.90 Å². The van der Waals surface area contributed by atoms with Gasteiger partial charge in [0.05, 0.1) is 0 Å². The Kier molecular flexibility index (Phi) is 2.78. The lowest BCUT2D eigenvalue weighted by Crippen LogP contribution is -2.16. The second-order valence-electron chi connectivity index (χ2n) is 4.49. The van der Waals surface area contributed by atoms with Crippen LogP contribution in [0.4, 0.5) is 0 Å². The Hall–Kier alpha value is -1.83. The smallest absolute Gasteiger partial charge is 0.255 e. The molecule has 1 aromatic heterocycles. The average Bonchev–Trinajstić information content (AvgIpc) is 2.39. The van der Waals surface area contributed by atoms with E-state index in [1.165, 1.54) is 11.6 Å². The van der Waals surface area contributed by atoms with Crippen molar-refractivity contribution in [1.29, 1.82) is 0 Å². The van der Waals surface area contributed by atoms with Crippen LogP contribution in [-0.2, 0) is 0 Å². The maximum absolute atomic E-state index is 11.8. The lowest BCUT2D eigenvalue weighted by atomic mass is 10.0. The van der Waals surface area contributed by atoms with Gasteiger partial charge in [-0.1, -0.05) is 32.0 Å². The second kappa shape index (κ2) is 4.58. The van der Waals surface area contributed by atoms with E-state index >= 15 is 0 Å². The van der Waals surface area contributed by atoms with Crippen LogP contribution in [0.25, 0.3) is 5.69 Å². The Labute approximate surface area is 103 Å². The summed E-state index contributed by atoms with van der Waals surface area (Å²) in [6, 6.07) is 11.2. The van der Waals surface area contributed by atoms with Gasteiger partial charge in [0.2, 0.25) is 0 Å². The SMILES string of the molecule is [2H]Cc1ccc(=O)n(-c2ccc(C(C)C)cc2)c1. The zero-order valence-electron chi connectivity index (χ0n) is 11.2. The standard InChI is InChI=1S/C15H17NO/c1-11(2)13-5-7-14(8-6-13)16-10-12(3)4-9-15(16)17/h4-11H,1-3H3/i3D. The minimum Gasteiger partial charge on any atom is -0.284 e. The van der Waals surface area contributed by atoms with Gasteiger partial charge in [-0.15, -0.1) is 0 Å². The third-order valence-corrected chi connectivity index (χ3v) is 2.81. The van der Waals surface area contributed by atoms with E-state index in [9.17, 15) is 4.79 Å². The molecule has 0 aliphatic carbocycles. The van der Waals surface area contributed by atoms with Crippen LogP contribution in [0.1, 0.15) is 32.3 Å². The van der Waals surface area contributed by atoms with Crippen molar-refractivity contribution < 1.29 is 1.37 Å². The summed E-state index contributed by atoms with van der Waals surface area (Å²) in [5.41, 5.74) is 2.87. The second-order valence-corrected chi connectivity index (χ2v) is 4.49. The molecule has 0 saturated heterocycles. The summed E-state index contributed by atoms with van der Waals surface area (Å²) in [5, 5.41) is 0. The number of hydrogen-bond donors (Lipinski definition) is 0. The maximum atomic E-state index is 11.8. The molecule has 17 heavy (non-hydrogen) atoms. The number of nitrogens with zero attached hydrogens (tertiary/aromatic N) is 1. The number of hydrogen-bond acceptors (Lipinski definition) is 1. The van der Waals surface area contributed by atoms with E-state index in [1.807, 2.05) is 24.3 Å². The predicted octanol–water partition coefficient (Wildman–Crippen LogP) is 3.27. The molecular weight excluding hydrogens is 210 g/mol. The molecule has 2 nitrogen and oxygen atoms in total. The van der Waals surface area contributed by atoms with E-state index in [2.05, 4.69) is 13.8 Å². The molecule has 0 aliphatic rings. The van der Waals surface area contributed by atoms with Crippen molar-refractivity contribution in [3.8, 4) is 5.69 Å². The van der Waals surface area contributed by atoms with Crippen LogP contribution in [0.2, 0.25) is 0 Å². The first-order chi connectivity index (χ1) is 8.61. The molecule has 0 amide bonds. The molecule has 0 spiro atoms. The van der Waals surface area contributed by atoms with Gasteiger partial charge in [0.1, 0.15) is 0 Å². The molecule has 0 atom stereocenters. The molecule has 0 saturated carbocycles. The molecule has 88 valence electrons. The number of rotatable bonds is 2. The van der Waals surface area contributed by atoms with Gasteiger partial charge in [0, 0.05) is 19.3 Å². The highest BCUT2D eigenvalue weighted by molar-refractivity contribution is 5.36. The van der Waals surface area contributed by atoms with Crippen LogP contribution in [0.15, 0.2) is 47.4 Å². The molecule has 1 aromatic carbocycles. The van der Waals surface area contributed by atoms with E-state index in [4.69, 9.17) is 1.37 Å². The predicted molar refractivity (Wildman–Crippen MR) is 70.9 cm³/mol. The number of pyridine rings is 1. The molecule has 2 rings (SSSR count). The van der Waals surface area contributed by atoms with Crippen molar-refractivity contribution in [1.82, 2.24) is 4.57 Å². The first-order valence-electron chi connectivity index (χ1n) is 6.43. The van der Waals surface area contributed by atoms with E-state index in [-0.39, 0.29) is 12.5 Å². The van der Waals surface area contributed by atoms with Crippen LogP contribution in [0.5, 0.6) is 0 Å². The fourth-order valence-electron chi connectivity index (χ4n) is 1.75. The van der Waals surface area contributed by atoms with Gasteiger partial charge >= 0.3 is 0 Å². The highest BCUT2D eigenvalue weighted by atomic mass is 16.1. The third kappa shape index (κ3) is 2.47. The fraction of sp³-hybridized carbons (Fsp3) is 0.267. The lowest BCUT2D eigenvalue weighted by molar-refractivity contribution is 0.864. The van der Waals surface area contributed by atoms with Crippen molar-refractivity contribution in [2.45, 2.75) is 26.7 Å². The Balaban J connectivity index is 2.45. The minimum absolute atomic E-state index is 0.0653. The molecule has 0 radical (unpaired) electrons. The quantitative estimate of drug-likeness (QED) is 0.773. The third-order valence-electron chi connectivity index (χ3n) is 2.81. The van der Waals surface area contributed by atoms with Crippen LogP contribution < -0.4 is 5.56 Å². The van der Waals surface area contributed by atoms with E-state index in [0.29, 0.717) is 5.92 Å². The van der Waals surface area contributed by atoms with Crippen molar-refractivity contribution in [3.05, 3.63) is 64.1 Å². The summed E-state index contributed by atoms with van der Waals surface area (Å²) >= 11 is 0. The van der Waals surface area contributed by atoms with Crippen molar-refractivity contribution in [2.24, 2.45) is 0 Å². The highest BCUT2D eigenvalue weighted by Crippen LogP contribution is 2.16. The Morgan fingerprint density at radius 3 is 2.41 bits per heavy atom. The summed E-state index contributed by atoms with van der Waals surface area (Å²) in [6.07, 6.45) is 1.74. The van der Waals surface area contributed by atoms with Crippen molar-refractivity contribution >= 4 is 0 Å². The van der Waals surface area contributed by atoms with Gasteiger partial charge in [-0.2, -0.15) is 0 Å². The minimum atomic E-state index is -0.0653. The Bertz CT molecular complexity index is 584. The Morgan fingerprint density at radius 1 is 1.12 bits per heavy atom. The lowest BCUT2D eigenvalue weighted by Gasteiger charge is -2.09. The van der Waals surface area contributed by atoms with Gasteiger partial charge in [-0.3, -0.25) is 9.36 Å². The molecule has 0 N–H and O–H groups in total. The zero-order valence-corrected chi connectivity index (χ0v) is 10.2. The number of benzene rings is 1. The topological polar surface area (TPSA) is 22.0 Å². The van der Waals surface area contributed by atoms with Gasteiger partial charge in [0.25, 0.3) is 5.56 Å². The van der Waals surface area contributed by atoms with E-state index < -0.39 is 0 Å². The van der Waals surface area contributed by atoms with Crippen molar-refractivity contribution in [2.75, 3.05) is 0 Å². The molecule has 0 aliphatic heterocycles. The summed E-state index contributed by atoms with van der Waals surface area (Å²) in [4.78, 5) is 11.8. The molecule has 0 fully saturated rings. The average molecular weight is 228 g/mol. The summed E-state index contributed by atoms with van der Waals surface area (Å²) in [5.74, 6) is 0.482. The fourth-order valence-corrected chi connectivity index (χ4v) is 1.75. The van der Waals surface area contributed by atoms with Crippen LogP contribution >= 0.6 is 0 Å². The first kappa shape index (κ1) is 10.3. The zero-order chi connectivity index (χ0) is 13.1. The van der Waals surface area contributed by atoms with Crippen LogP contribution in [-0.4, -0.2) is 4.57 Å². The van der Waals surface area contributed by atoms with E-state index in [0.717, 1.165) is 11.3 Å². The van der Waals surface area contributed by atoms with Gasteiger partial charge < -0.3 is 0 Å². The summed E-state index contributed by atoms with van der Waals surface area (Å²) in [7, 11) is 0. The van der Waals surface area contributed by atoms with E-state index in [1.54, 1.807) is 16.8 Å². The molecular formula is C15H17NO. The largest absolute Gasteiger partial charge is 0.284 e. The van der Waals surface area contributed by atoms with Gasteiger partial charge in [-0.25, -0.2) is 0 Å². The molecule has 2 aromatic rings. The number of aryl methyl sites for hydroxylation is 1. The molecule has 0 bridgehead atoms. The van der Waals surface area contributed by atoms with Crippen molar-refractivity contribution in [3.63, 3.8) is 0 Å². The molecule has 0 unspecified atom stereocenters. The Morgan fingerprint density at radius 2 is 1.82 bits per heavy atom. The summed E-state index contributed by atoms with van der Waals surface area (Å²) < 4.78 is 8.94. The normalized spacial score (nSPS) is 11.6. The van der Waals surface area contributed by atoms with Gasteiger partial charge in [0.15, 0.2) is 0 Å². The van der Waals surface area contributed by atoms with Crippen LogP contribution in [0.3, 0.4) is 0 Å². The monoisotopic (exact) mass is 228 g/mol.